The van der Waals surface area contributed by atoms with E-state index in [1.807, 2.05) is 42.8 Å². The molecule has 0 radical (unpaired) electrons. The fraction of sp³-hybridized carbons (Fsp3) is 0.300. The normalized spacial score (nSPS) is 13.3. The molecule has 0 spiro atoms. The second-order valence-corrected chi connectivity index (χ2v) is 5.14. The number of hydrogen-bond donors (Lipinski definition) is 1. The summed E-state index contributed by atoms with van der Waals surface area (Å²) in [6.45, 7) is 2.68. The summed E-state index contributed by atoms with van der Waals surface area (Å²) in [5.41, 5.74) is 2.00. The van der Waals surface area contributed by atoms with Crippen molar-refractivity contribution in [2.75, 3.05) is 0 Å². The van der Waals surface area contributed by atoms with E-state index in [4.69, 9.17) is 0 Å². The first-order valence-corrected chi connectivity index (χ1v) is 7.07. The molecule has 1 aromatic heterocycles. The van der Waals surface area contributed by atoms with E-state index in [9.17, 15) is 8.02 Å². The Morgan fingerprint density at radius 1 is 1.47 bits per heavy atom. The molecule has 4 nitrogen and oxygen atoms in total. The van der Waals surface area contributed by atoms with E-state index in [2.05, 4.69) is 0 Å². The van der Waals surface area contributed by atoms with Gasteiger partial charge in [-0.3, -0.25) is 0 Å². The van der Waals surface area contributed by atoms with E-state index in [-0.39, 0.29) is 0 Å². The van der Waals surface area contributed by atoms with Crippen molar-refractivity contribution in [1.29, 1.82) is 0 Å². The number of aromatic nitrogens is 2. The zero-order chi connectivity index (χ0) is 11.0. The van der Waals surface area contributed by atoms with Gasteiger partial charge in [-0.1, -0.05) is 0 Å². The summed E-state index contributed by atoms with van der Waals surface area (Å²) in [6.07, 6.45) is 0. The molecular weight excluding hydrogens is 259 g/mol. The van der Waals surface area contributed by atoms with E-state index in [1.54, 1.807) is 4.57 Å². The summed E-state index contributed by atoms with van der Waals surface area (Å²) in [5.74, 6) is 0. The van der Waals surface area contributed by atoms with Crippen LogP contribution in [-0.2, 0) is 17.4 Å². The Morgan fingerprint density at radius 2 is 2.13 bits per heavy atom. The quantitative estimate of drug-likeness (QED) is 0.597. The zero-order valence-corrected chi connectivity index (χ0v) is 10.4. The molecule has 15 heavy (non-hydrogen) atoms. The van der Waals surface area contributed by atoms with Crippen molar-refractivity contribution >= 4 is 29.9 Å². The number of aryl methyl sites for hydroxylation is 2. The fourth-order valence-electron chi connectivity index (χ4n) is 1.88. The van der Waals surface area contributed by atoms with Crippen molar-refractivity contribution in [3.05, 3.63) is 24.3 Å². The van der Waals surface area contributed by atoms with Crippen LogP contribution in [0.1, 0.15) is 6.92 Å². The summed E-state index contributed by atoms with van der Waals surface area (Å²) in [7, 11) is 1.83. The molecule has 1 aromatic carbocycles. The van der Waals surface area contributed by atoms with Crippen LogP contribution in [0.5, 0.6) is 0 Å². The molecule has 2 aromatic rings. The Balaban J connectivity index is 2.90. The summed E-state index contributed by atoms with van der Waals surface area (Å²) >= 11 is -2.89. The minimum absolute atomic E-state index is 0.527. The van der Waals surface area contributed by atoms with Gasteiger partial charge < -0.3 is 0 Å². The minimum atomic E-state index is -2.89. The van der Waals surface area contributed by atoms with Crippen LogP contribution >= 0.6 is 0 Å². The van der Waals surface area contributed by atoms with E-state index in [0.29, 0.717) is 11.3 Å². The Bertz CT molecular complexity index is 533. The SMILES string of the molecule is CCn1c([Se](=O)O)[n+](C)c2ccccc21. The number of imidazole rings is 1. The van der Waals surface area contributed by atoms with Gasteiger partial charge in [-0.15, -0.1) is 0 Å². The van der Waals surface area contributed by atoms with Crippen molar-refractivity contribution in [2.24, 2.45) is 7.05 Å². The van der Waals surface area contributed by atoms with Gasteiger partial charge in [0.25, 0.3) is 0 Å². The molecule has 1 N–H and O–H groups in total. The molecule has 1 heterocycles. The maximum absolute atomic E-state index is 11.3. The Morgan fingerprint density at radius 3 is 2.73 bits per heavy atom. The first kappa shape index (κ1) is 10.5. The van der Waals surface area contributed by atoms with E-state index >= 15 is 0 Å². The molecule has 0 aliphatic rings. The van der Waals surface area contributed by atoms with Crippen LogP contribution < -0.4 is 9.29 Å². The van der Waals surface area contributed by atoms with Crippen molar-refractivity contribution in [1.82, 2.24) is 4.57 Å². The predicted molar refractivity (Wildman–Crippen MR) is 57.1 cm³/mol. The van der Waals surface area contributed by atoms with Gasteiger partial charge in [0.1, 0.15) is 0 Å². The van der Waals surface area contributed by atoms with Crippen LogP contribution in [0.2, 0.25) is 0 Å². The van der Waals surface area contributed by atoms with E-state index in [0.717, 1.165) is 11.0 Å². The van der Waals surface area contributed by atoms with E-state index in [1.165, 1.54) is 0 Å². The molecule has 0 amide bonds. The first-order valence-electron chi connectivity index (χ1n) is 4.75. The average Bonchev–Trinajstić information content (AvgIpc) is 2.52. The molecule has 0 saturated carbocycles. The summed E-state index contributed by atoms with van der Waals surface area (Å²) in [6, 6.07) is 7.80. The Labute approximate surface area is 92.2 Å². The number of para-hydroxylation sites is 2. The predicted octanol–water partition coefficient (Wildman–Crippen LogP) is -0.396. The molecule has 0 aliphatic carbocycles. The topological polar surface area (TPSA) is 46.1 Å². The summed E-state index contributed by atoms with van der Waals surface area (Å²) in [5, 5.41) is 0. The van der Waals surface area contributed by atoms with Crippen LogP contribution in [0.15, 0.2) is 24.3 Å². The van der Waals surface area contributed by atoms with Crippen LogP contribution in [0.4, 0.5) is 0 Å². The number of nitrogens with zero attached hydrogens (tertiary/aromatic N) is 2. The second-order valence-electron chi connectivity index (χ2n) is 3.32. The maximum atomic E-state index is 11.3. The van der Waals surface area contributed by atoms with Gasteiger partial charge in [-0.2, -0.15) is 0 Å². The van der Waals surface area contributed by atoms with Gasteiger partial charge >= 0.3 is 91.9 Å². The van der Waals surface area contributed by atoms with Crippen molar-refractivity contribution in [3.63, 3.8) is 0 Å². The number of rotatable bonds is 2. The van der Waals surface area contributed by atoms with Crippen LogP contribution in [0, 0.1) is 0 Å². The van der Waals surface area contributed by atoms with Crippen LogP contribution in [0.3, 0.4) is 0 Å². The number of hydrogen-bond acceptors (Lipinski definition) is 1. The molecule has 80 valence electrons. The van der Waals surface area contributed by atoms with Gasteiger partial charge in [0.15, 0.2) is 0 Å². The Hall–Kier alpha value is -1.03. The van der Waals surface area contributed by atoms with Gasteiger partial charge in [0.2, 0.25) is 0 Å². The monoisotopic (exact) mass is 273 g/mol. The van der Waals surface area contributed by atoms with Crippen LogP contribution in [0.25, 0.3) is 11.0 Å². The van der Waals surface area contributed by atoms with Gasteiger partial charge in [-0.05, 0) is 0 Å². The summed E-state index contributed by atoms with van der Waals surface area (Å²) < 4.78 is 24.9. The molecular formula is C10H13N2O2Se+. The molecule has 1 unspecified atom stereocenters. The van der Waals surface area contributed by atoms with Crippen LogP contribution in [-0.4, -0.2) is 22.9 Å². The fourth-order valence-corrected chi connectivity index (χ4v) is 3.45. The standard InChI is InChI=1S/C10H12N2O2Se/c1-3-12-9-7-5-4-6-8(9)11(2)10(12)15(13)14/h4-7H,3H2,1-2H3/p+1. The van der Waals surface area contributed by atoms with Gasteiger partial charge in [0, 0.05) is 0 Å². The van der Waals surface area contributed by atoms with E-state index < -0.39 is 14.2 Å². The third kappa shape index (κ3) is 1.53. The van der Waals surface area contributed by atoms with Gasteiger partial charge in [-0.25, -0.2) is 0 Å². The molecule has 5 heteroatoms. The third-order valence-corrected chi connectivity index (χ3v) is 4.22. The van der Waals surface area contributed by atoms with Crippen molar-refractivity contribution < 1.29 is 12.6 Å². The summed E-state index contributed by atoms with van der Waals surface area (Å²) in [4.78, 5) is 0. The molecule has 0 aliphatic heterocycles. The third-order valence-electron chi connectivity index (χ3n) is 2.52. The van der Waals surface area contributed by atoms with Crippen molar-refractivity contribution in [3.8, 4) is 0 Å². The first-order chi connectivity index (χ1) is 7.16. The number of benzene rings is 1. The zero-order valence-electron chi connectivity index (χ0n) is 8.67. The van der Waals surface area contributed by atoms with Crippen molar-refractivity contribution in [2.45, 2.75) is 13.5 Å². The molecule has 2 rings (SSSR count). The average molecular weight is 272 g/mol. The molecule has 1 atom stereocenters. The number of fused-ring (bicyclic) bond motifs is 1. The second kappa shape index (κ2) is 3.85. The molecule has 0 fully saturated rings. The van der Waals surface area contributed by atoms with Gasteiger partial charge in [0.05, 0.1) is 0 Å². The Kier molecular flexibility index (Phi) is 2.69. The molecule has 0 bridgehead atoms. The molecule has 0 saturated heterocycles.